The average molecular weight is 970 g/mol. The van der Waals surface area contributed by atoms with Gasteiger partial charge in [0.05, 0.1) is 18.1 Å². The Labute approximate surface area is 440 Å². The molecule has 4 unspecified atom stereocenters. The van der Waals surface area contributed by atoms with Crippen molar-refractivity contribution in [2.24, 2.45) is 16.7 Å². The van der Waals surface area contributed by atoms with Crippen LogP contribution in [0.2, 0.25) is 0 Å². The molecule has 0 aromatic rings. The van der Waals surface area contributed by atoms with Crippen LogP contribution in [-0.4, -0.2) is 36.1 Å². The number of hydrogen-bond donors (Lipinski definition) is 3. The lowest BCUT2D eigenvalue weighted by Gasteiger charge is -2.41. The molecule has 412 valence electrons. The Morgan fingerprint density at radius 3 is 1.38 bits per heavy atom. The van der Waals surface area contributed by atoms with Gasteiger partial charge < -0.3 is 20.9 Å². The normalized spacial score (nSPS) is 12.7. The summed E-state index contributed by atoms with van der Waals surface area (Å²) < 4.78 is 0. The van der Waals surface area contributed by atoms with Crippen molar-refractivity contribution in [1.82, 2.24) is 20.9 Å². The zero-order valence-electron chi connectivity index (χ0n) is 51.9. The van der Waals surface area contributed by atoms with E-state index in [1.165, 1.54) is 38.5 Å². The van der Waals surface area contributed by atoms with Crippen molar-refractivity contribution in [3.8, 4) is 0 Å². The van der Waals surface area contributed by atoms with Crippen molar-refractivity contribution in [3.05, 3.63) is 137 Å². The first-order valence-corrected chi connectivity index (χ1v) is 27.5. The second-order valence-corrected chi connectivity index (χ2v) is 17.7. The van der Waals surface area contributed by atoms with Crippen molar-refractivity contribution in [2.45, 2.75) is 254 Å². The smallest absolute Gasteiger partial charge is 0.0700 e. The highest BCUT2D eigenvalue weighted by Crippen LogP contribution is 2.33. The number of unbranched alkanes of at least 4 members (excludes halogenated alkanes) is 4. The lowest BCUT2D eigenvalue weighted by atomic mass is 9.80. The van der Waals surface area contributed by atoms with E-state index in [1.54, 1.807) is 12.2 Å². The number of hydrogen-bond acceptors (Lipinski definition) is 4. The highest BCUT2D eigenvalue weighted by molar-refractivity contribution is 5.31. The van der Waals surface area contributed by atoms with Crippen molar-refractivity contribution < 1.29 is 0 Å². The molecule has 3 N–H and O–H groups in total. The maximum absolute atomic E-state index is 4.52. The Hall–Kier alpha value is -3.66. The van der Waals surface area contributed by atoms with Crippen LogP contribution in [0, 0.1) is 16.7 Å². The number of likely N-dealkylation sites (tertiary alicyclic amines) is 1. The molecule has 1 heterocycles. The van der Waals surface area contributed by atoms with E-state index >= 15 is 0 Å². The first kappa shape index (κ1) is 88.3. The summed E-state index contributed by atoms with van der Waals surface area (Å²) in [5.41, 5.74) is 5.47. The fraction of sp³-hybridized carbons (Fsp3) is 0.662. The molecular formula is C65H132N4. The molecule has 0 spiro atoms. The molecule has 1 rings (SSSR count). The molecule has 0 bridgehead atoms. The number of nitrogens with zero attached hydrogens (tertiary/aromatic N) is 1. The average Bonchev–Trinajstić information content (AvgIpc) is 3.85. The Bertz CT molecular complexity index is 1170. The summed E-state index contributed by atoms with van der Waals surface area (Å²) in [4.78, 5) is 2.42. The number of allylic oxidation sites excluding steroid dienone is 6. The molecule has 4 heteroatoms. The van der Waals surface area contributed by atoms with Gasteiger partial charge in [-0.1, -0.05) is 266 Å². The summed E-state index contributed by atoms with van der Waals surface area (Å²) in [6, 6.07) is 0.433. The second kappa shape index (κ2) is 68.6. The molecule has 0 aromatic carbocycles. The lowest BCUT2D eigenvalue weighted by molar-refractivity contribution is 0.237. The second-order valence-electron chi connectivity index (χ2n) is 17.7. The van der Waals surface area contributed by atoms with Gasteiger partial charge in [0, 0.05) is 35.9 Å². The molecule has 0 aliphatic carbocycles. The summed E-state index contributed by atoms with van der Waals surface area (Å²) >= 11 is 0. The van der Waals surface area contributed by atoms with Crippen LogP contribution in [0.3, 0.4) is 0 Å². The van der Waals surface area contributed by atoms with Crippen molar-refractivity contribution in [1.29, 1.82) is 0 Å². The summed E-state index contributed by atoms with van der Waals surface area (Å²) in [6.07, 6.45) is 25.8. The molecule has 1 saturated heterocycles. The Morgan fingerprint density at radius 1 is 0.667 bits per heavy atom. The first-order chi connectivity index (χ1) is 32.6. The van der Waals surface area contributed by atoms with Gasteiger partial charge in [-0.25, -0.2) is 0 Å². The minimum absolute atomic E-state index is 0.0183. The molecule has 0 aromatic heterocycles. The van der Waals surface area contributed by atoms with E-state index in [0.717, 1.165) is 79.3 Å². The van der Waals surface area contributed by atoms with E-state index in [9.17, 15) is 0 Å². The topological polar surface area (TPSA) is 39.3 Å². The highest BCUT2D eigenvalue weighted by Gasteiger charge is 2.36. The van der Waals surface area contributed by atoms with Gasteiger partial charge in [0.1, 0.15) is 0 Å². The Morgan fingerprint density at radius 2 is 1.10 bits per heavy atom. The molecule has 4 nitrogen and oxygen atoms in total. The fourth-order valence-electron chi connectivity index (χ4n) is 5.77. The zero-order valence-corrected chi connectivity index (χ0v) is 51.9. The summed E-state index contributed by atoms with van der Waals surface area (Å²) in [7, 11) is 0. The SMILES string of the molecule is C=C.C=C/C=C\C.C=CC.C=CCC.C=CCNC(=C)C(=C)C(CCCC)NC(=C)C1CCCN1C(=C)C(NC(=C)C)C(C)(C)C.CC.CC.CC.CC.CCCC(C)C(C)(C)C.CCCCCC. The molecule has 1 aliphatic heterocycles. The van der Waals surface area contributed by atoms with Crippen molar-refractivity contribution in [2.75, 3.05) is 13.1 Å². The third kappa shape index (κ3) is 62.3. The van der Waals surface area contributed by atoms with Crippen LogP contribution < -0.4 is 16.0 Å². The minimum atomic E-state index is 0.0183. The third-order valence-electron chi connectivity index (χ3n) is 9.86. The molecule has 1 aliphatic rings. The van der Waals surface area contributed by atoms with Crippen LogP contribution >= 0.6 is 0 Å². The minimum Gasteiger partial charge on any atom is -0.382 e. The van der Waals surface area contributed by atoms with Gasteiger partial charge in [0.15, 0.2) is 0 Å². The quantitative estimate of drug-likeness (QED) is 0.0574. The van der Waals surface area contributed by atoms with Gasteiger partial charge in [-0.15, -0.1) is 32.9 Å². The molecule has 0 amide bonds. The number of nitrogens with one attached hydrogen (secondary N) is 3. The molecule has 0 saturated carbocycles. The Kier molecular flexibility index (Phi) is 87.8. The zero-order chi connectivity index (χ0) is 57.0. The van der Waals surface area contributed by atoms with Gasteiger partial charge in [0.2, 0.25) is 0 Å². The molecule has 0 radical (unpaired) electrons. The molecule has 1 fully saturated rings. The highest BCUT2D eigenvalue weighted by atomic mass is 15.2. The third-order valence-corrected chi connectivity index (χ3v) is 9.86. The van der Waals surface area contributed by atoms with Crippen LogP contribution in [-0.2, 0) is 0 Å². The van der Waals surface area contributed by atoms with Gasteiger partial charge >= 0.3 is 0 Å². The van der Waals surface area contributed by atoms with Gasteiger partial charge in [-0.05, 0) is 68.8 Å². The summed E-state index contributed by atoms with van der Waals surface area (Å²) in [5, 5.41) is 10.5. The van der Waals surface area contributed by atoms with E-state index in [0.29, 0.717) is 12.0 Å². The van der Waals surface area contributed by atoms with Crippen LogP contribution in [0.5, 0.6) is 0 Å². The van der Waals surface area contributed by atoms with E-state index in [2.05, 4.69) is 176 Å². The van der Waals surface area contributed by atoms with E-state index in [1.807, 2.05) is 100 Å². The standard InChI is InChI=1S/C28H48N4.C9H20.C6H14.C5H8.C4H8.C3H6.4C2H6.C2H4/c1-12-14-16-25(21(5)22(6)29-18-13-2)31-23(7)26-17-15-19-32(26)24(8)27(28(9,10)11)30-20(3)4;1-6-7-8(2)9(3,4)5;1-3-5-6-4-2;1-3-5-4-2;1-3-4-2;1-3-2;5*1-2/h13,25-27,29-31H,2-3,5-8,12,14-19H2,1,4,9-11H3;8H,6-7H2,1-5H3;3-6H2,1-2H3;3-5H,1H2,2H3;3H,1,4H2,2H3;3H,1H2,2H3;4*1-2H3;1-2H2/b;;;5-4-;;;;;;;. The van der Waals surface area contributed by atoms with Crippen LogP contribution in [0.25, 0.3) is 0 Å². The van der Waals surface area contributed by atoms with Crippen molar-refractivity contribution in [3.63, 3.8) is 0 Å². The van der Waals surface area contributed by atoms with E-state index < -0.39 is 0 Å². The van der Waals surface area contributed by atoms with Crippen LogP contribution in [0.1, 0.15) is 236 Å². The Balaban J connectivity index is -0.0000000952. The molecule has 4 atom stereocenters. The predicted octanol–water partition coefficient (Wildman–Crippen LogP) is 21.5. The van der Waals surface area contributed by atoms with Crippen LogP contribution in [0.4, 0.5) is 0 Å². The predicted molar refractivity (Wildman–Crippen MR) is 333 cm³/mol. The van der Waals surface area contributed by atoms with Crippen molar-refractivity contribution >= 4 is 0 Å². The molecule has 69 heavy (non-hydrogen) atoms. The molecular weight excluding hydrogens is 837 g/mol. The van der Waals surface area contributed by atoms with Gasteiger partial charge in [-0.3, -0.25) is 0 Å². The summed E-state index contributed by atoms with van der Waals surface area (Å²) in [5.74, 6) is 0.863. The van der Waals surface area contributed by atoms with Crippen LogP contribution in [0.15, 0.2) is 137 Å². The maximum atomic E-state index is 4.52. The monoisotopic (exact) mass is 969 g/mol. The lowest BCUT2D eigenvalue weighted by Crippen LogP contribution is -2.48. The van der Waals surface area contributed by atoms with Gasteiger partial charge in [0.25, 0.3) is 0 Å². The van der Waals surface area contributed by atoms with Gasteiger partial charge in [-0.2, -0.15) is 0 Å². The fourth-order valence-corrected chi connectivity index (χ4v) is 5.77. The summed E-state index contributed by atoms with van der Waals surface area (Å²) in [6.45, 7) is 92.1. The van der Waals surface area contributed by atoms with E-state index in [-0.39, 0.29) is 23.5 Å². The first-order valence-electron chi connectivity index (χ1n) is 27.5. The number of rotatable bonds is 22. The van der Waals surface area contributed by atoms with E-state index in [4.69, 9.17) is 0 Å². The largest absolute Gasteiger partial charge is 0.382 e. The maximum Gasteiger partial charge on any atom is 0.0700 e.